The van der Waals surface area contributed by atoms with Crippen LogP contribution in [0.5, 0.6) is 0 Å². The number of aromatic carboxylic acids is 1. The molecule has 0 bridgehead atoms. The molecule has 0 saturated heterocycles. The highest BCUT2D eigenvalue weighted by molar-refractivity contribution is 5.94. The second kappa shape index (κ2) is 9.30. The summed E-state index contributed by atoms with van der Waals surface area (Å²) in [6.45, 7) is 2.39. The van der Waals surface area contributed by atoms with Gasteiger partial charge in [0.25, 0.3) is 0 Å². The van der Waals surface area contributed by atoms with Crippen LogP contribution in [0.25, 0.3) is 33.4 Å². The SMILES string of the molecule is Cc1cc(CCNc2ccccc2C(=O)O)c2oc(-c3ccccc3)c(-c3cnoc3)c(=O)c2c1. The number of nitrogens with one attached hydrogen (secondary N) is 1. The Labute approximate surface area is 200 Å². The minimum absolute atomic E-state index is 0.164. The van der Waals surface area contributed by atoms with Gasteiger partial charge in [0.2, 0.25) is 5.43 Å². The second-order valence-electron chi connectivity index (χ2n) is 8.24. The Bertz CT molecular complexity index is 1570. The number of benzene rings is 3. The number of carbonyl (C=O) groups is 1. The maximum absolute atomic E-state index is 13.7. The molecule has 7 heteroatoms. The van der Waals surface area contributed by atoms with Crippen molar-refractivity contribution in [1.82, 2.24) is 5.16 Å². The topological polar surface area (TPSA) is 106 Å². The van der Waals surface area contributed by atoms with Gasteiger partial charge in [0, 0.05) is 23.4 Å². The number of anilines is 1. The molecule has 2 aromatic heterocycles. The zero-order valence-corrected chi connectivity index (χ0v) is 18.9. The zero-order valence-electron chi connectivity index (χ0n) is 18.9. The van der Waals surface area contributed by atoms with Crippen molar-refractivity contribution in [3.05, 3.63) is 106 Å². The number of aryl methyl sites for hydroxylation is 1. The molecule has 5 aromatic rings. The number of para-hydroxylation sites is 1. The van der Waals surface area contributed by atoms with Crippen molar-refractivity contribution >= 4 is 22.6 Å². The minimum Gasteiger partial charge on any atom is -0.478 e. The molecule has 0 radical (unpaired) electrons. The van der Waals surface area contributed by atoms with Gasteiger partial charge >= 0.3 is 5.97 Å². The van der Waals surface area contributed by atoms with E-state index < -0.39 is 5.97 Å². The summed E-state index contributed by atoms with van der Waals surface area (Å²) in [5.41, 5.74) is 4.58. The third-order valence-corrected chi connectivity index (χ3v) is 5.84. The Hall–Kier alpha value is -4.65. The molecule has 0 fully saturated rings. The van der Waals surface area contributed by atoms with E-state index >= 15 is 0 Å². The minimum atomic E-state index is -0.992. The Morgan fingerprint density at radius 2 is 1.80 bits per heavy atom. The fourth-order valence-corrected chi connectivity index (χ4v) is 4.25. The summed E-state index contributed by atoms with van der Waals surface area (Å²) < 4.78 is 11.5. The molecule has 0 aliphatic carbocycles. The van der Waals surface area contributed by atoms with Crippen molar-refractivity contribution in [3.63, 3.8) is 0 Å². The highest BCUT2D eigenvalue weighted by Gasteiger charge is 2.21. The normalized spacial score (nSPS) is 11.0. The molecule has 5 rings (SSSR count). The lowest BCUT2D eigenvalue weighted by molar-refractivity contribution is 0.0698. The molecule has 174 valence electrons. The van der Waals surface area contributed by atoms with Crippen LogP contribution in [0.4, 0.5) is 5.69 Å². The van der Waals surface area contributed by atoms with E-state index in [0.717, 1.165) is 16.7 Å². The van der Waals surface area contributed by atoms with Crippen LogP contribution >= 0.6 is 0 Å². The predicted molar refractivity (Wildman–Crippen MR) is 134 cm³/mol. The molecule has 0 atom stereocenters. The van der Waals surface area contributed by atoms with Crippen LogP contribution in [-0.2, 0) is 6.42 Å². The van der Waals surface area contributed by atoms with Crippen molar-refractivity contribution in [2.24, 2.45) is 0 Å². The molecular weight excluding hydrogens is 444 g/mol. The lowest BCUT2D eigenvalue weighted by Crippen LogP contribution is -2.12. The van der Waals surface area contributed by atoms with Gasteiger partial charge in [0.05, 0.1) is 22.7 Å². The molecular formula is C28H22N2O5. The van der Waals surface area contributed by atoms with Gasteiger partial charge < -0.3 is 19.4 Å². The van der Waals surface area contributed by atoms with Crippen molar-refractivity contribution in [2.75, 3.05) is 11.9 Å². The van der Waals surface area contributed by atoms with Crippen LogP contribution < -0.4 is 10.7 Å². The Balaban J connectivity index is 1.60. The number of nitrogens with zero attached hydrogens (tertiary/aromatic N) is 1. The van der Waals surface area contributed by atoms with Gasteiger partial charge in [-0.05, 0) is 42.7 Å². The van der Waals surface area contributed by atoms with E-state index in [0.29, 0.717) is 46.5 Å². The fraction of sp³-hybridized carbons (Fsp3) is 0.107. The van der Waals surface area contributed by atoms with Crippen molar-refractivity contribution in [3.8, 4) is 22.5 Å². The van der Waals surface area contributed by atoms with Crippen LogP contribution in [0.2, 0.25) is 0 Å². The average Bonchev–Trinajstić information content (AvgIpc) is 3.39. The molecule has 2 heterocycles. The van der Waals surface area contributed by atoms with E-state index in [-0.39, 0.29) is 11.0 Å². The number of hydrogen-bond donors (Lipinski definition) is 2. The smallest absolute Gasteiger partial charge is 0.337 e. The van der Waals surface area contributed by atoms with Gasteiger partial charge in [0.1, 0.15) is 17.6 Å². The van der Waals surface area contributed by atoms with Gasteiger partial charge in [-0.15, -0.1) is 0 Å². The van der Waals surface area contributed by atoms with Gasteiger partial charge in [-0.25, -0.2) is 4.79 Å². The first-order valence-corrected chi connectivity index (χ1v) is 11.1. The maximum atomic E-state index is 13.7. The highest BCUT2D eigenvalue weighted by atomic mass is 16.5. The van der Waals surface area contributed by atoms with E-state index in [1.807, 2.05) is 49.4 Å². The predicted octanol–water partition coefficient (Wildman–Crippen LogP) is 5.78. The summed E-state index contributed by atoms with van der Waals surface area (Å²) in [7, 11) is 0. The Morgan fingerprint density at radius 3 is 2.54 bits per heavy atom. The largest absolute Gasteiger partial charge is 0.478 e. The lowest BCUT2D eigenvalue weighted by Gasteiger charge is -2.14. The first-order chi connectivity index (χ1) is 17.0. The summed E-state index contributed by atoms with van der Waals surface area (Å²) in [4.78, 5) is 25.2. The summed E-state index contributed by atoms with van der Waals surface area (Å²) in [5, 5.41) is 16.9. The summed E-state index contributed by atoms with van der Waals surface area (Å²) in [6, 6.07) is 20.0. The molecule has 3 aromatic carbocycles. The van der Waals surface area contributed by atoms with Crippen LogP contribution in [-0.4, -0.2) is 22.8 Å². The fourth-order valence-electron chi connectivity index (χ4n) is 4.25. The number of rotatable bonds is 7. The summed E-state index contributed by atoms with van der Waals surface area (Å²) in [5.74, 6) is -0.547. The third-order valence-electron chi connectivity index (χ3n) is 5.84. The van der Waals surface area contributed by atoms with Crippen LogP contribution in [0.3, 0.4) is 0 Å². The van der Waals surface area contributed by atoms with E-state index in [2.05, 4.69) is 10.5 Å². The summed E-state index contributed by atoms with van der Waals surface area (Å²) >= 11 is 0. The van der Waals surface area contributed by atoms with Crippen LogP contribution in [0.1, 0.15) is 21.5 Å². The molecule has 35 heavy (non-hydrogen) atoms. The number of fused-ring (bicyclic) bond motifs is 1. The molecule has 0 spiro atoms. The number of aromatic nitrogens is 1. The van der Waals surface area contributed by atoms with Gasteiger partial charge in [-0.1, -0.05) is 53.7 Å². The van der Waals surface area contributed by atoms with E-state index in [4.69, 9.17) is 8.94 Å². The molecule has 0 saturated carbocycles. The van der Waals surface area contributed by atoms with E-state index in [1.165, 1.54) is 12.5 Å². The first-order valence-electron chi connectivity index (χ1n) is 11.1. The highest BCUT2D eigenvalue weighted by Crippen LogP contribution is 2.34. The van der Waals surface area contributed by atoms with Crippen molar-refractivity contribution in [2.45, 2.75) is 13.3 Å². The van der Waals surface area contributed by atoms with Crippen LogP contribution in [0.15, 0.2) is 92.9 Å². The molecule has 0 amide bonds. The van der Waals surface area contributed by atoms with Crippen LogP contribution in [0, 0.1) is 6.92 Å². The lowest BCUT2D eigenvalue weighted by atomic mass is 9.97. The van der Waals surface area contributed by atoms with Crippen molar-refractivity contribution < 1.29 is 18.8 Å². The second-order valence-corrected chi connectivity index (χ2v) is 8.24. The van der Waals surface area contributed by atoms with Gasteiger partial charge in [-0.3, -0.25) is 4.79 Å². The zero-order chi connectivity index (χ0) is 24.4. The number of hydrogen-bond acceptors (Lipinski definition) is 6. The van der Waals surface area contributed by atoms with Gasteiger partial charge in [0.15, 0.2) is 0 Å². The standard InChI is InChI=1S/C28H22N2O5/c1-17-13-19(11-12-29-23-10-6-5-9-21(23)28(32)33)26-22(14-17)25(31)24(20-15-30-34-16-20)27(35-26)18-7-3-2-4-8-18/h2-10,13-16,29H,11-12H2,1H3,(H,32,33). The molecule has 2 N–H and O–H groups in total. The van der Waals surface area contributed by atoms with Gasteiger partial charge in [-0.2, -0.15) is 0 Å². The summed E-state index contributed by atoms with van der Waals surface area (Å²) in [6.07, 6.45) is 3.46. The first kappa shape index (κ1) is 22.2. The maximum Gasteiger partial charge on any atom is 0.337 e. The molecule has 0 unspecified atom stereocenters. The molecule has 0 aliphatic heterocycles. The number of carboxylic acid groups (broad SMARTS) is 1. The van der Waals surface area contributed by atoms with Crippen molar-refractivity contribution in [1.29, 1.82) is 0 Å². The Kier molecular flexibility index (Phi) is 5.89. The van der Waals surface area contributed by atoms with E-state index in [9.17, 15) is 14.7 Å². The molecule has 0 aliphatic rings. The molecule has 7 nitrogen and oxygen atoms in total. The van der Waals surface area contributed by atoms with E-state index in [1.54, 1.807) is 24.3 Å². The number of carboxylic acids is 1. The quantitative estimate of drug-likeness (QED) is 0.313. The average molecular weight is 466 g/mol. The monoisotopic (exact) mass is 466 g/mol. The third kappa shape index (κ3) is 4.31. The Morgan fingerprint density at radius 1 is 1.03 bits per heavy atom.